The van der Waals surface area contributed by atoms with E-state index >= 15 is 0 Å². The Labute approximate surface area is 147 Å². The van der Waals surface area contributed by atoms with E-state index in [1.165, 1.54) is 4.88 Å². The minimum absolute atomic E-state index is 0.151. The highest BCUT2D eigenvalue weighted by molar-refractivity contribution is 14.1. The van der Waals surface area contributed by atoms with E-state index in [9.17, 15) is 10.1 Å². The molecule has 3 nitrogen and oxygen atoms in total. The molecule has 0 spiro atoms. The van der Waals surface area contributed by atoms with Gasteiger partial charge >= 0.3 is 0 Å². The van der Waals surface area contributed by atoms with Crippen molar-refractivity contribution in [2.24, 2.45) is 5.92 Å². The summed E-state index contributed by atoms with van der Waals surface area (Å²) in [6.07, 6.45) is 3.06. The van der Waals surface area contributed by atoms with Gasteiger partial charge in [-0.3, -0.25) is 4.79 Å². The third kappa shape index (κ3) is 3.03. The molecule has 0 fully saturated rings. The number of benzene rings is 1. The zero-order chi connectivity index (χ0) is 15.7. The number of carbonyl (C=O) groups is 1. The molecule has 112 valence electrons. The van der Waals surface area contributed by atoms with Crippen molar-refractivity contribution >= 4 is 44.8 Å². The second-order valence-electron chi connectivity index (χ2n) is 5.63. The zero-order valence-electron chi connectivity index (χ0n) is 12.1. The Morgan fingerprint density at radius 3 is 3.05 bits per heavy atom. The van der Waals surface area contributed by atoms with Gasteiger partial charge in [0.1, 0.15) is 11.1 Å². The molecular formula is C17H15IN2OS. The quantitative estimate of drug-likeness (QED) is 0.720. The molecule has 1 heterocycles. The van der Waals surface area contributed by atoms with Crippen LogP contribution in [0.4, 0.5) is 5.00 Å². The van der Waals surface area contributed by atoms with Crippen molar-refractivity contribution in [3.05, 3.63) is 49.4 Å². The standard InChI is InChI=1S/C17H15IN2OS/c1-10-5-6-13-14(9-19)17(22-15(13)7-10)20-16(21)11-3-2-4-12(18)8-11/h2-4,8,10H,5-7H2,1H3,(H,20,21)/t10-/m0/s1. The molecule has 1 aliphatic rings. The van der Waals surface area contributed by atoms with Gasteiger partial charge in [-0.2, -0.15) is 5.26 Å². The number of hydrogen-bond donors (Lipinski definition) is 1. The molecule has 0 saturated carbocycles. The third-order valence-electron chi connectivity index (χ3n) is 3.94. The topological polar surface area (TPSA) is 52.9 Å². The molecular weight excluding hydrogens is 407 g/mol. The van der Waals surface area contributed by atoms with Crippen LogP contribution in [0.3, 0.4) is 0 Å². The Morgan fingerprint density at radius 2 is 2.32 bits per heavy atom. The number of nitrogens with one attached hydrogen (secondary N) is 1. The highest BCUT2D eigenvalue weighted by Crippen LogP contribution is 2.39. The molecule has 1 atom stereocenters. The second kappa shape index (κ2) is 6.39. The summed E-state index contributed by atoms with van der Waals surface area (Å²) >= 11 is 3.75. The van der Waals surface area contributed by atoms with Crippen LogP contribution in [0.25, 0.3) is 0 Å². The van der Waals surface area contributed by atoms with Crippen LogP contribution >= 0.6 is 33.9 Å². The Hall–Kier alpha value is -1.39. The molecule has 22 heavy (non-hydrogen) atoms. The zero-order valence-corrected chi connectivity index (χ0v) is 15.1. The molecule has 0 aliphatic heterocycles. The number of thiophene rings is 1. The lowest BCUT2D eigenvalue weighted by Gasteiger charge is -2.17. The first-order valence-electron chi connectivity index (χ1n) is 7.20. The van der Waals surface area contributed by atoms with E-state index < -0.39 is 0 Å². The number of nitrogens with zero attached hydrogens (tertiary/aromatic N) is 1. The van der Waals surface area contributed by atoms with Gasteiger partial charge in [-0.25, -0.2) is 0 Å². The van der Waals surface area contributed by atoms with Gasteiger partial charge in [0.05, 0.1) is 5.56 Å². The van der Waals surface area contributed by atoms with Crippen LogP contribution in [0.2, 0.25) is 0 Å². The lowest BCUT2D eigenvalue weighted by atomic mass is 9.88. The van der Waals surface area contributed by atoms with Gasteiger partial charge in [0, 0.05) is 14.0 Å². The lowest BCUT2D eigenvalue weighted by molar-refractivity contribution is 0.102. The molecule has 0 radical (unpaired) electrons. The average molecular weight is 422 g/mol. The van der Waals surface area contributed by atoms with Crippen LogP contribution in [0.15, 0.2) is 24.3 Å². The van der Waals surface area contributed by atoms with Crippen molar-refractivity contribution in [2.45, 2.75) is 26.2 Å². The average Bonchev–Trinajstić information content (AvgIpc) is 2.83. The van der Waals surface area contributed by atoms with E-state index in [0.717, 1.165) is 28.4 Å². The molecule has 1 aromatic heterocycles. The molecule has 1 N–H and O–H groups in total. The van der Waals surface area contributed by atoms with Crippen molar-refractivity contribution in [2.75, 3.05) is 5.32 Å². The molecule has 0 unspecified atom stereocenters. The highest BCUT2D eigenvalue weighted by Gasteiger charge is 2.24. The fourth-order valence-corrected chi connectivity index (χ4v) is 4.66. The highest BCUT2D eigenvalue weighted by atomic mass is 127. The normalized spacial score (nSPS) is 16.7. The number of halogens is 1. The summed E-state index contributed by atoms with van der Waals surface area (Å²) in [6, 6.07) is 9.73. The number of amides is 1. The fourth-order valence-electron chi connectivity index (χ4n) is 2.76. The predicted molar refractivity (Wildman–Crippen MR) is 97.3 cm³/mol. The smallest absolute Gasteiger partial charge is 0.256 e. The lowest BCUT2D eigenvalue weighted by Crippen LogP contribution is -2.12. The number of nitriles is 1. The largest absolute Gasteiger partial charge is 0.312 e. The summed E-state index contributed by atoms with van der Waals surface area (Å²) in [4.78, 5) is 13.7. The molecule has 0 bridgehead atoms. The number of rotatable bonds is 2. The molecule has 0 saturated heterocycles. The predicted octanol–water partition coefficient (Wildman–Crippen LogP) is 4.60. The van der Waals surface area contributed by atoms with E-state index in [-0.39, 0.29) is 5.91 Å². The summed E-state index contributed by atoms with van der Waals surface area (Å²) in [6.45, 7) is 2.23. The van der Waals surface area contributed by atoms with Gasteiger partial charge < -0.3 is 5.32 Å². The van der Waals surface area contributed by atoms with Crippen molar-refractivity contribution in [1.29, 1.82) is 5.26 Å². The molecule has 1 aromatic carbocycles. The number of fused-ring (bicyclic) bond motifs is 1. The Morgan fingerprint density at radius 1 is 1.50 bits per heavy atom. The van der Waals surface area contributed by atoms with Crippen LogP contribution in [-0.4, -0.2) is 5.91 Å². The van der Waals surface area contributed by atoms with Crippen LogP contribution < -0.4 is 5.32 Å². The van der Waals surface area contributed by atoms with E-state index in [2.05, 4.69) is 40.9 Å². The minimum Gasteiger partial charge on any atom is -0.312 e. The van der Waals surface area contributed by atoms with Crippen molar-refractivity contribution in [1.82, 2.24) is 0 Å². The Balaban J connectivity index is 1.90. The van der Waals surface area contributed by atoms with Gasteiger partial charge in [0.2, 0.25) is 0 Å². The maximum atomic E-state index is 12.4. The first kappa shape index (κ1) is 15.5. The van der Waals surface area contributed by atoms with E-state index in [4.69, 9.17) is 0 Å². The fraction of sp³-hybridized carbons (Fsp3) is 0.294. The molecule has 3 rings (SSSR count). The maximum absolute atomic E-state index is 12.4. The van der Waals surface area contributed by atoms with Crippen LogP contribution in [0.5, 0.6) is 0 Å². The molecule has 1 amide bonds. The Bertz CT molecular complexity index is 775. The number of carbonyl (C=O) groups excluding carboxylic acids is 1. The van der Waals surface area contributed by atoms with Gasteiger partial charge in [-0.1, -0.05) is 13.0 Å². The van der Waals surface area contributed by atoms with Crippen LogP contribution in [0.1, 0.15) is 39.7 Å². The summed E-state index contributed by atoms with van der Waals surface area (Å²) in [5.74, 6) is 0.499. The maximum Gasteiger partial charge on any atom is 0.256 e. The van der Waals surface area contributed by atoms with E-state index in [1.807, 2.05) is 18.2 Å². The van der Waals surface area contributed by atoms with E-state index in [0.29, 0.717) is 22.0 Å². The summed E-state index contributed by atoms with van der Waals surface area (Å²) in [5.41, 5.74) is 2.42. The number of hydrogen-bond acceptors (Lipinski definition) is 3. The first-order chi connectivity index (χ1) is 10.6. The van der Waals surface area contributed by atoms with Crippen molar-refractivity contribution in [3.63, 3.8) is 0 Å². The van der Waals surface area contributed by atoms with Crippen LogP contribution in [-0.2, 0) is 12.8 Å². The third-order valence-corrected chi connectivity index (χ3v) is 5.78. The first-order valence-corrected chi connectivity index (χ1v) is 9.09. The summed E-state index contributed by atoms with van der Waals surface area (Å²) < 4.78 is 1.02. The van der Waals surface area contributed by atoms with Gasteiger partial charge in [0.15, 0.2) is 0 Å². The van der Waals surface area contributed by atoms with Crippen LogP contribution in [0, 0.1) is 20.8 Å². The summed E-state index contributed by atoms with van der Waals surface area (Å²) in [5, 5.41) is 13.1. The summed E-state index contributed by atoms with van der Waals surface area (Å²) in [7, 11) is 0. The van der Waals surface area contributed by atoms with Crippen molar-refractivity contribution < 1.29 is 4.79 Å². The SMILES string of the molecule is C[C@H]1CCc2c(sc(NC(=O)c3cccc(I)c3)c2C#N)C1. The molecule has 1 aliphatic carbocycles. The van der Waals surface area contributed by atoms with Gasteiger partial charge in [-0.05, 0) is 71.5 Å². The van der Waals surface area contributed by atoms with Gasteiger partial charge in [-0.15, -0.1) is 11.3 Å². The van der Waals surface area contributed by atoms with Crippen molar-refractivity contribution in [3.8, 4) is 6.07 Å². The monoisotopic (exact) mass is 422 g/mol. The minimum atomic E-state index is -0.151. The van der Waals surface area contributed by atoms with E-state index in [1.54, 1.807) is 17.4 Å². The second-order valence-corrected chi connectivity index (χ2v) is 7.98. The van der Waals surface area contributed by atoms with Gasteiger partial charge in [0.25, 0.3) is 5.91 Å². The molecule has 5 heteroatoms. The number of anilines is 1. The Kier molecular flexibility index (Phi) is 4.50. The molecule has 2 aromatic rings.